The van der Waals surface area contributed by atoms with Crippen molar-refractivity contribution in [3.8, 4) is 12.3 Å². The minimum absolute atomic E-state index is 0.757. The van der Waals surface area contributed by atoms with Crippen LogP contribution in [0.5, 0.6) is 0 Å². The maximum absolute atomic E-state index is 5.29. The highest BCUT2D eigenvalue weighted by Crippen LogP contribution is 2.07. The molecule has 0 aliphatic carbocycles. The highest BCUT2D eigenvalue weighted by molar-refractivity contribution is 5.06. The minimum Gasteiger partial charge on any atom is -0.466 e. The molecule has 52 valence electrons. The van der Waals surface area contributed by atoms with E-state index in [1.54, 1.807) is 0 Å². The van der Waals surface area contributed by atoms with Gasteiger partial charge in [-0.1, -0.05) is 0 Å². The van der Waals surface area contributed by atoms with Crippen LogP contribution in [-0.4, -0.2) is 0 Å². The van der Waals surface area contributed by atoms with E-state index in [1.807, 2.05) is 19.1 Å². The second kappa shape index (κ2) is 3.12. The molecule has 0 saturated heterocycles. The first-order valence-electron chi connectivity index (χ1n) is 3.31. The Morgan fingerprint density at radius 3 is 2.90 bits per heavy atom. The first-order valence-corrected chi connectivity index (χ1v) is 3.31. The molecule has 0 saturated carbocycles. The van der Waals surface area contributed by atoms with Crippen LogP contribution in [0, 0.1) is 19.3 Å². The molecule has 1 rings (SSSR count). The average Bonchev–Trinajstić information content (AvgIpc) is 2.31. The Hall–Kier alpha value is -1.16. The Labute approximate surface area is 61.0 Å². The maximum Gasteiger partial charge on any atom is 0.105 e. The molecule has 1 heteroatoms. The molecule has 1 aromatic heterocycles. The summed E-state index contributed by atoms with van der Waals surface area (Å²) < 4.78 is 5.29. The molecule has 0 aliphatic rings. The molecule has 0 spiro atoms. The molecule has 0 aliphatic heterocycles. The molecular weight excluding hydrogens is 124 g/mol. The zero-order valence-corrected chi connectivity index (χ0v) is 6.05. The van der Waals surface area contributed by atoms with Gasteiger partial charge in [0.05, 0.1) is 0 Å². The van der Waals surface area contributed by atoms with Gasteiger partial charge in [0.15, 0.2) is 0 Å². The summed E-state index contributed by atoms with van der Waals surface area (Å²) in [6, 6.07) is 3.92. The Morgan fingerprint density at radius 1 is 1.60 bits per heavy atom. The first-order chi connectivity index (χ1) is 4.83. The zero-order valence-electron chi connectivity index (χ0n) is 6.05. The lowest BCUT2D eigenvalue weighted by molar-refractivity contribution is 0.484. The fourth-order valence-corrected chi connectivity index (χ4v) is 0.815. The van der Waals surface area contributed by atoms with Crippen molar-refractivity contribution in [2.75, 3.05) is 0 Å². The van der Waals surface area contributed by atoms with E-state index in [2.05, 4.69) is 5.92 Å². The highest BCUT2D eigenvalue weighted by atomic mass is 16.3. The van der Waals surface area contributed by atoms with E-state index in [0.717, 1.165) is 24.4 Å². The third-order valence-electron chi connectivity index (χ3n) is 1.31. The van der Waals surface area contributed by atoms with Gasteiger partial charge in [-0.25, -0.2) is 0 Å². The van der Waals surface area contributed by atoms with E-state index in [9.17, 15) is 0 Å². The number of hydrogen-bond acceptors (Lipinski definition) is 1. The minimum atomic E-state index is 0.757. The van der Waals surface area contributed by atoms with Crippen LogP contribution in [0.2, 0.25) is 0 Å². The van der Waals surface area contributed by atoms with Gasteiger partial charge in [0, 0.05) is 12.8 Å². The number of furan rings is 1. The Balaban J connectivity index is 2.52. The SMILES string of the molecule is C#CCCc1ccc(C)o1. The third kappa shape index (κ3) is 1.66. The molecule has 0 unspecified atom stereocenters. The van der Waals surface area contributed by atoms with Gasteiger partial charge in [0.25, 0.3) is 0 Å². The van der Waals surface area contributed by atoms with Gasteiger partial charge >= 0.3 is 0 Å². The lowest BCUT2D eigenvalue weighted by Gasteiger charge is -1.87. The van der Waals surface area contributed by atoms with Crippen LogP contribution in [0.3, 0.4) is 0 Å². The maximum atomic E-state index is 5.29. The Morgan fingerprint density at radius 2 is 2.40 bits per heavy atom. The van der Waals surface area contributed by atoms with E-state index in [4.69, 9.17) is 10.8 Å². The lowest BCUT2D eigenvalue weighted by atomic mass is 10.3. The lowest BCUT2D eigenvalue weighted by Crippen LogP contribution is -1.76. The van der Waals surface area contributed by atoms with Crippen molar-refractivity contribution in [3.05, 3.63) is 23.7 Å². The first kappa shape index (κ1) is 6.95. The van der Waals surface area contributed by atoms with E-state index in [0.29, 0.717) is 0 Å². The van der Waals surface area contributed by atoms with Crippen LogP contribution in [0.1, 0.15) is 17.9 Å². The molecule has 1 nitrogen and oxygen atoms in total. The Kier molecular flexibility index (Phi) is 2.17. The summed E-state index contributed by atoms with van der Waals surface area (Å²) in [7, 11) is 0. The summed E-state index contributed by atoms with van der Waals surface area (Å²) in [4.78, 5) is 0. The summed E-state index contributed by atoms with van der Waals surface area (Å²) in [6.45, 7) is 1.93. The fourth-order valence-electron chi connectivity index (χ4n) is 0.815. The van der Waals surface area contributed by atoms with Crippen molar-refractivity contribution in [1.82, 2.24) is 0 Å². The Bertz CT molecular complexity index is 239. The molecule has 0 N–H and O–H groups in total. The average molecular weight is 134 g/mol. The fraction of sp³-hybridized carbons (Fsp3) is 0.333. The summed E-state index contributed by atoms with van der Waals surface area (Å²) >= 11 is 0. The molecule has 0 aromatic carbocycles. The zero-order chi connectivity index (χ0) is 7.40. The van der Waals surface area contributed by atoms with Gasteiger partial charge in [-0.05, 0) is 19.1 Å². The third-order valence-corrected chi connectivity index (χ3v) is 1.31. The van der Waals surface area contributed by atoms with Crippen LogP contribution in [0.4, 0.5) is 0 Å². The van der Waals surface area contributed by atoms with Crippen LogP contribution in [0.25, 0.3) is 0 Å². The summed E-state index contributed by atoms with van der Waals surface area (Å²) in [6.07, 6.45) is 6.70. The molecule has 1 heterocycles. The van der Waals surface area contributed by atoms with Crippen LogP contribution in [-0.2, 0) is 6.42 Å². The summed E-state index contributed by atoms with van der Waals surface area (Å²) in [5.74, 6) is 4.50. The van der Waals surface area contributed by atoms with Crippen molar-refractivity contribution in [2.45, 2.75) is 19.8 Å². The molecule has 0 amide bonds. The van der Waals surface area contributed by atoms with Gasteiger partial charge in [-0.15, -0.1) is 12.3 Å². The van der Waals surface area contributed by atoms with Crippen LogP contribution in [0.15, 0.2) is 16.5 Å². The normalized spacial score (nSPS) is 9.20. The van der Waals surface area contributed by atoms with Crippen molar-refractivity contribution in [2.24, 2.45) is 0 Å². The second-order valence-corrected chi connectivity index (χ2v) is 2.22. The van der Waals surface area contributed by atoms with Gasteiger partial charge in [-0.3, -0.25) is 0 Å². The van der Waals surface area contributed by atoms with E-state index in [1.165, 1.54) is 0 Å². The number of terminal acetylenes is 1. The van der Waals surface area contributed by atoms with Crippen molar-refractivity contribution < 1.29 is 4.42 Å². The largest absolute Gasteiger partial charge is 0.466 e. The topological polar surface area (TPSA) is 13.1 Å². The molecular formula is C9H10O. The predicted molar refractivity (Wildman–Crippen MR) is 40.6 cm³/mol. The van der Waals surface area contributed by atoms with Gasteiger partial charge < -0.3 is 4.42 Å². The molecule has 1 aromatic rings. The predicted octanol–water partition coefficient (Wildman–Crippen LogP) is 2.15. The number of aryl methyl sites for hydroxylation is 2. The van der Waals surface area contributed by atoms with Crippen LogP contribution >= 0.6 is 0 Å². The highest BCUT2D eigenvalue weighted by Gasteiger charge is 1.94. The molecule has 0 bridgehead atoms. The molecule has 0 fully saturated rings. The van der Waals surface area contributed by atoms with Gasteiger partial charge in [0.2, 0.25) is 0 Å². The van der Waals surface area contributed by atoms with Gasteiger partial charge in [0.1, 0.15) is 11.5 Å². The molecule has 0 radical (unpaired) electrons. The van der Waals surface area contributed by atoms with Crippen molar-refractivity contribution in [3.63, 3.8) is 0 Å². The van der Waals surface area contributed by atoms with Crippen molar-refractivity contribution in [1.29, 1.82) is 0 Å². The van der Waals surface area contributed by atoms with Gasteiger partial charge in [-0.2, -0.15) is 0 Å². The number of hydrogen-bond donors (Lipinski definition) is 0. The summed E-state index contributed by atoms with van der Waals surface area (Å²) in [5.41, 5.74) is 0. The quantitative estimate of drug-likeness (QED) is 0.565. The molecule has 10 heavy (non-hydrogen) atoms. The second-order valence-electron chi connectivity index (χ2n) is 2.22. The van der Waals surface area contributed by atoms with Crippen LogP contribution < -0.4 is 0 Å². The monoisotopic (exact) mass is 134 g/mol. The van der Waals surface area contributed by atoms with Crippen molar-refractivity contribution >= 4 is 0 Å². The number of rotatable bonds is 2. The molecule has 0 atom stereocenters. The smallest absolute Gasteiger partial charge is 0.105 e. The van der Waals surface area contributed by atoms with E-state index < -0.39 is 0 Å². The van der Waals surface area contributed by atoms with E-state index in [-0.39, 0.29) is 0 Å². The standard InChI is InChI=1S/C9H10O/c1-3-4-5-9-7-6-8(2)10-9/h1,6-7H,4-5H2,2H3. The summed E-state index contributed by atoms with van der Waals surface area (Å²) in [5, 5.41) is 0. The van der Waals surface area contributed by atoms with E-state index >= 15 is 0 Å².